The van der Waals surface area contributed by atoms with Crippen molar-refractivity contribution in [1.82, 2.24) is 0 Å². The van der Waals surface area contributed by atoms with Gasteiger partial charge in [0.15, 0.2) is 11.6 Å². The van der Waals surface area contributed by atoms with E-state index in [0.717, 1.165) is 23.3 Å². The maximum absolute atomic E-state index is 13.0. The third kappa shape index (κ3) is 4.03. The molecule has 0 unspecified atom stereocenters. The highest BCUT2D eigenvalue weighted by atomic mass is 16.4. The Hall–Kier alpha value is -4.06. The molecule has 0 spiro atoms. The highest BCUT2D eigenvalue weighted by Crippen LogP contribution is 2.24. The van der Waals surface area contributed by atoms with E-state index in [4.69, 9.17) is 0 Å². The van der Waals surface area contributed by atoms with Gasteiger partial charge in [-0.15, -0.1) is 0 Å². The first-order valence-corrected chi connectivity index (χ1v) is 9.06. The zero-order valence-corrected chi connectivity index (χ0v) is 16.3. The molecule has 0 aromatic heterocycles. The summed E-state index contributed by atoms with van der Waals surface area (Å²) in [6.45, 7) is 3.69. The zero-order valence-electron chi connectivity index (χ0n) is 16.3. The van der Waals surface area contributed by atoms with Crippen molar-refractivity contribution in [2.24, 2.45) is 0 Å². The van der Waals surface area contributed by atoms with Crippen molar-refractivity contribution in [2.45, 2.75) is 13.8 Å². The molecule has 6 nitrogen and oxygen atoms in total. The van der Waals surface area contributed by atoms with E-state index in [0.29, 0.717) is 0 Å². The molecule has 0 bridgehead atoms. The normalized spacial score (nSPS) is 10.5. The van der Waals surface area contributed by atoms with Crippen LogP contribution in [0.4, 0.5) is 0 Å². The standard InChI is InChI=1S/C24H18O6/c1-13-3-7-15(8-4-13)21(25)17-11-18(20(24(29)30)12-19(17)23(27)28)22(26)16-9-5-14(2)6-10-16/h3-12H,1-2H3,(H,27,28)(H,29,30). The minimum Gasteiger partial charge on any atom is -0.478 e. The molecule has 0 saturated heterocycles. The molecular formula is C24H18O6. The van der Waals surface area contributed by atoms with Gasteiger partial charge in [0, 0.05) is 22.3 Å². The molecule has 3 rings (SSSR count). The van der Waals surface area contributed by atoms with Crippen molar-refractivity contribution in [3.63, 3.8) is 0 Å². The fourth-order valence-corrected chi connectivity index (χ4v) is 3.05. The topological polar surface area (TPSA) is 109 Å². The molecule has 6 heteroatoms. The minimum atomic E-state index is -1.46. The van der Waals surface area contributed by atoms with Gasteiger partial charge in [0.05, 0.1) is 11.1 Å². The Bertz CT molecular complexity index is 1080. The zero-order chi connectivity index (χ0) is 22.0. The number of carboxylic acids is 2. The molecule has 150 valence electrons. The van der Waals surface area contributed by atoms with E-state index in [9.17, 15) is 29.4 Å². The summed E-state index contributed by atoms with van der Waals surface area (Å²) in [6.07, 6.45) is 0. The molecule has 0 atom stereocenters. The minimum absolute atomic E-state index is 0.236. The number of rotatable bonds is 6. The second-order valence-electron chi connectivity index (χ2n) is 6.94. The second kappa shape index (κ2) is 8.13. The van der Waals surface area contributed by atoms with Crippen LogP contribution in [-0.2, 0) is 0 Å². The maximum Gasteiger partial charge on any atom is 0.336 e. The van der Waals surface area contributed by atoms with Crippen LogP contribution in [0.15, 0.2) is 60.7 Å². The number of benzene rings is 3. The number of aryl methyl sites for hydroxylation is 2. The van der Waals surface area contributed by atoms with Gasteiger partial charge in [-0.05, 0) is 26.0 Å². The Kier molecular flexibility index (Phi) is 5.60. The first-order valence-electron chi connectivity index (χ1n) is 9.06. The van der Waals surface area contributed by atoms with Crippen LogP contribution >= 0.6 is 0 Å². The highest BCUT2D eigenvalue weighted by Gasteiger charge is 2.26. The Morgan fingerprint density at radius 1 is 0.533 bits per heavy atom. The van der Waals surface area contributed by atoms with Gasteiger partial charge in [0.1, 0.15) is 0 Å². The van der Waals surface area contributed by atoms with Crippen LogP contribution in [0.3, 0.4) is 0 Å². The summed E-state index contributed by atoms with van der Waals surface area (Å²) in [6, 6.07) is 15.0. The molecule has 3 aromatic rings. The Morgan fingerprint density at radius 3 is 1.13 bits per heavy atom. The lowest BCUT2D eigenvalue weighted by atomic mass is 9.89. The van der Waals surface area contributed by atoms with E-state index in [1.54, 1.807) is 48.5 Å². The number of ketones is 2. The average molecular weight is 402 g/mol. The van der Waals surface area contributed by atoms with E-state index in [1.807, 2.05) is 13.8 Å². The highest BCUT2D eigenvalue weighted by molar-refractivity contribution is 6.19. The molecular weight excluding hydrogens is 384 g/mol. The van der Waals surface area contributed by atoms with E-state index in [1.165, 1.54) is 0 Å². The SMILES string of the molecule is Cc1ccc(C(=O)c2cc(C(=O)c3ccc(C)cc3)c(C(=O)O)cc2C(=O)O)cc1. The van der Waals surface area contributed by atoms with Gasteiger partial charge in [0.25, 0.3) is 0 Å². The lowest BCUT2D eigenvalue weighted by molar-refractivity contribution is 0.0690. The second-order valence-corrected chi connectivity index (χ2v) is 6.94. The molecule has 0 heterocycles. The van der Waals surface area contributed by atoms with Gasteiger partial charge in [-0.1, -0.05) is 59.7 Å². The molecule has 0 fully saturated rings. The number of carbonyl (C=O) groups excluding carboxylic acids is 2. The largest absolute Gasteiger partial charge is 0.478 e. The Balaban J connectivity index is 2.22. The van der Waals surface area contributed by atoms with Crippen LogP contribution in [-0.4, -0.2) is 33.7 Å². The Labute approximate surface area is 172 Å². The summed E-state index contributed by atoms with van der Waals surface area (Å²) in [5.74, 6) is -4.13. The van der Waals surface area contributed by atoms with Gasteiger partial charge in [-0.3, -0.25) is 9.59 Å². The number of hydrogen-bond acceptors (Lipinski definition) is 4. The average Bonchev–Trinajstić information content (AvgIpc) is 2.72. The van der Waals surface area contributed by atoms with Crippen LogP contribution in [0.5, 0.6) is 0 Å². The van der Waals surface area contributed by atoms with Crippen LogP contribution in [0, 0.1) is 13.8 Å². The van der Waals surface area contributed by atoms with Crippen LogP contribution in [0.2, 0.25) is 0 Å². The van der Waals surface area contributed by atoms with Crippen molar-refractivity contribution in [3.8, 4) is 0 Å². The van der Waals surface area contributed by atoms with Crippen molar-refractivity contribution >= 4 is 23.5 Å². The molecule has 0 amide bonds. The molecule has 0 aliphatic heterocycles. The molecule has 0 saturated carbocycles. The van der Waals surface area contributed by atoms with Gasteiger partial charge in [-0.2, -0.15) is 0 Å². The summed E-state index contributed by atoms with van der Waals surface area (Å²) in [7, 11) is 0. The smallest absolute Gasteiger partial charge is 0.336 e. The predicted octanol–water partition coefficient (Wildman–Crippen LogP) is 4.16. The van der Waals surface area contributed by atoms with Crippen LogP contribution in [0.1, 0.15) is 63.7 Å². The first kappa shape index (κ1) is 20.7. The monoisotopic (exact) mass is 402 g/mol. The Morgan fingerprint density at radius 2 is 0.833 bits per heavy atom. The quantitative estimate of drug-likeness (QED) is 0.599. The first-order chi connectivity index (χ1) is 14.2. The summed E-state index contributed by atoms with van der Waals surface area (Å²) in [5.41, 5.74) is 0.873. The van der Waals surface area contributed by atoms with Crippen molar-refractivity contribution in [1.29, 1.82) is 0 Å². The molecule has 0 aliphatic carbocycles. The van der Waals surface area contributed by atoms with Crippen molar-refractivity contribution < 1.29 is 29.4 Å². The summed E-state index contributed by atoms with van der Waals surface area (Å²) in [4.78, 5) is 49.5. The number of carboxylic acid groups (broad SMARTS) is 2. The number of aromatic carboxylic acids is 2. The van der Waals surface area contributed by atoms with Gasteiger partial charge in [0.2, 0.25) is 0 Å². The van der Waals surface area contributed by atoms with Crippen LogP contribution in [0.25, 0.3) is 0 Å². The van der Waals surface area contributed by atoms with E-state index in [2.05, 4.69) is 0 Å². The molecule has 30 heavy (non-hydrogen) atoms. The lowest BCUT2D eigenvalue weighted by Crippen LogP contribution is -2.17. The lowest BCUT2D eigenvalue weighted by Gasteiger charge is -2.12. The predicted molar refractivity (Wildman–Crippen MR) is 110 cm³/mol. The fraction of sp³-hybridized carbons (Fsp3) is 0.0833. The number of carbonyl (C=O) groups is 4. The summed E-state index contributed by atoms with van der Waals surface area (Å²) >= 11 is 0. The van der Waals surface area contributed by atoms with Gasteiger partial charge < -0.3 is 10.2 Å². The van der Waals surface area contributed by atoms with Crippen LogP contribution < -0.4 is 0 Å². The third-order valence-corrected chi connectivity index (χ3v) is 4.74. The van der Waals surface area contributed by atoms with Gasteiger partial charge in [-0.25, -0.2) is 9.59 Å². The molecule has 0 radical (unpaired) electrons. The summed E-state index contributed by atoms with van der Waals surface area (Å²) < 4.78 is 0. The molecule has 0 aliphatic rings. The van der Waals surface area contributed by atoms with E-state index in [-0.39, 0.29) is 22.3 Å². The molecule has 3 aromatic carbocycles. The molecule has 2 N–H and O–H groups in total. The fourth-order valence-electron chi connectivity index (χ4n) is 3.05. The summed E-state index contributed by atoms with van der Waals surface area (Å²) in [5, 5.41) is 19.1. The van der Waals surface area contributed by atoms with E-state index >= 15 is 0 Å². The van der Waals surface area contributed by atoms with Crippen molar-refractivity contribution in [3.05, 3.63) is 105 Å². The van der Waals surface area contributed by atoms with Gasteiger partial charge >= 0.3 is 11.9 Å². The third-order valence-electron chi connectivity index (χ3n) is 4.74. The number of hydrogen-bond donors (Lipinski definition) is 2. The van der Waals surface area contributed by atoms with Crippen molar-refractivity contribution in [2.75, 3.05) is 0 Å². The maximum atomic E-state index is 13.0. The van der Waals surface area contributed by atoms with E-state index < -0.39 is 34.6 Å².